The zero-order valence-electron chi connectivity index (χ0n) is 20.2. The molecule has 5 nitrogen and oxygen atoms in total. The predicted octanol–water partition coefficient (Wildman–Crippen LogP) is 7.13. The number of nitrogens with zero attached hydrogens (tertiary/aromatic N) is 1. The Morgan fingerprint density at radius 1 is 0.892 bits per heavy atom. The van der Waals surface area contributed by atoms with Gasteiger partial charge >= 0.3 is 0 Å². The van der Waals surface area contributed by atoms with Crippen molar-refractivity contribution in [3.8, 4) is 17.6 Å². The summed E-state index contributed by atoms with van der Waals surface area (Å²) >= 11 is 0. The molecule has 0 saturated heterocycles. The molecule has 0 bridgehead atoms. The maximum absolute atomic E-state index is 12.9. The van der Waals surface area contributed by atoms with Crippen molar-refractivity contribution >= 4 is 39.2 Å². The second-order valence-electron chi connectivity index (χ2n) is 8.74. The lowest BCUT2D eigenvalue weighted by molar-refractivity contribution is -0.112. The maximum Gasteiger partial charge on any atom is 0.266 e. The van der Waals surface area contributed by atoms with E-state index in [9.17, 15) is 15.2 Å². The molecule has 1 amide bonds. The molecule has 0 spiro atoms. The highest BCUT2D eigenvalue weighted by molar-refractivity contribution is 6.11. The third kappa shape index (κ3) is 5.00. The lowest BCUT2D eigenvalue weighted by Gasteiger charge is -2.15. The average molecular weight is 485 g/mol. The molecule has 2 N–H and O–H groups in total. The van der Waals surface area contributed by atoms with Crippen molar-refractivity contribution in [1.82, 2.24) is 0 Å². The van der Waals surface area contributed by atoms with E-state index >= 15 is 0 Å². The van der Waals surface area contributed by atoms with Gasteiger partial charge in [-0.05, 0) is 70.4 Å². The summed E-state index contributed by atoms with van der Waals surface area (Å²) in [5, 5.41) is 26.2. The number of aromatic hydroxyl groups is 1. The van der Waals surface area contributed by atoms with Gasteiger partial charge in [0, 0.05) is 16.8 Å². The highest BCUT2D eigenvalue weighted by Gasteiger charge is 2.15. The number of nitriles is 1. The number of hydrogen-bond donors (Lipinski definition) is 2. The highest BCUT2D eigenvalue weighted by Crippen LogP contribution is 2.32. The average Bonchev–Trinajstić information content (AvgIpc) is 2.92. The molecular formula is C32H24N2O3. The molecule has 0 aliphatic heterocycles. The topological polar surface area (TPSA) is 82.3 Å². The van der Waals surface area contributed by atoms with E-state index in [1.165, 1.54) is 12.1 Å². The second kappa shape index (κ2) is 10.3. The van der Waals surface area contributed by atoms with Crippen LogP contribution in [0.5, 0.6) is 11.5 Å². The number of nitrogens with one attached hydrogen (secondary N) is 1. The van der Waals surface area contributed by atoms with Crippen LogP contribution in [0.15, 0.2) is 103 Å². The van der Waals surface area contributed by atoms with Gasteiger partial charge in [-0.3, -0.25) is 4.79 Å². The Hall–Kier alpha value is -5.08. The van der Waals surface area contributed by atoms with Gasteiger partial charge in [0.15, 0.2) is 0 Å². The van der Waals surface area contributed by atoms with Crippen molar-refractivity contribution in [2.75, 3.05) is 5.32 Å². The van der Waals surface area contributed by atoms with Crippen LogP contribution in [0.25, 0.3) is 27.6 Å². The third-order valence-corrected chi connectivity index (χ3v) is 6.36. The highest BCUT2D eigenvalue weighted by atomic mass is 16.5. The molecule has 0 heterocycles. The van der Waals surface area contributed by atoms with Crippen LogP contribution in [-0.4, -0.2) is 11.0 Å². The first-order valence-electron chi connectivity index (χ1n) is 11.9. The summed E-state index contributed by atoms with van der Waals surface area (Å²) in [6.45, 7) is 2.40. The van der Waals surface area contributed by atoms with Crippen molar-refractivity contribution in [1.29, 1.82) is 5.26 Å². The van der Waals surface area contributed by atoms with Crippen molar-refractivity contribution in [3.05, 3.63) is 119 Å². The van der Waals surface area contributed by atoms with Gasteiger partial charge in [-0.2, -0.15) is 5.26 Å². The van der Waals surface area contributed by atoms with Gasteiger partial charge in [-0.15, -0.1) is 0 Å². The van der Waals surface area contributed by atoms with Gasteiger partial charge < -0.3 is 15.2 Å². The van der Waals surface area contributed by atoms with Gasteiger partial charge in [0.25, 0.3) is 5.91 Å². The standard InChI is InChI=1S/C32H24N2O3/c1-21-10-11-22-6-3-5-9-28(22)30(21)20-37-31-17-12-23-7-2-4-8-27(23)29(31)18-24(19-33)32(36)34-25-13-15-26(35)16-14-25/h2-18,35H,20H2,1H3,(H,34,36)/b24-18+. The summed E-state index contributed by atoms with van der Waals surface area (Å²) in [6.07, 6.45) is 1.57. The number of benzene rings is 5. The number of phenols is 1. The Morgan fingerprint density at radius 2 is 1.54 bits per heavy atom. The zero-order valence-corrected chi connectivity index (χ0v) is 20.2. The Balaban J connectivity index is 1.53. The van der Waals surface area contributed by atoms with Crippen molar-refractivity contribution in [3.63, 3.8) is 0 Å². The number of phenolic OH excluding ortho intramolecular Hbond substituents is 1. The third-order valence-electron chi connectivity index (χ3n) is 6.36. The molecule has 5 aromatic carbocycles. The molecule has 0 unspecified atom stereocenters. The Morgan fingerprint density at radius 3 is 2.27 bits per heavy atom. The van der Waals surface area contributed by atoms with Crippen LogP contribution in [0.4, 0.5) is 5.69 Å². The molecule has 37 heavy (non-hydrogen) atoms. The summed E-state index contributed by atoms with van der Waals surface area (Å²) < 4.78 is 6.36. The van der Waals surface area contributed by atoms with Crippen LogP contribution in [0.3, 0.4) is 0 Å². The number of carbonyl (C=O) groups is 1. The van der Waals surface area contributed by atoms with E-state index in [4.69, 9.17) is 4.74 Å². The van der Waals surface area contributed by atoms with Crippen LogP contribution in [0, 0.1) is 18.3 Å². The lowest BCUT2D eigenvalue weighted by atomic mass is 9.99. The quantitative estimate of drug-likeness (QED) is 0.153. The first kappa shape index (κ1) is 23.7. The molecule has 0 aromatic heterocycles. The molecule has 5 heteroatoms. The summed E-state index contributed by atoms with van der Waals surface area (Å²) in [5.74, 6) is 0.126. The van der Waals surface area contributed by atoms with Crippen LogP contribution in [0.1, 0.15) is 16.7 Å². The second-order valence-corrected chi connectivity index (χ2v) is 8.74. The summed E-state index contributed by atoms with van der Waals surface area (Å²) in [5.41, 5.74) is 3.29. The molecule has 0 aliphatic carbocycles. The van der Waals surface area contributed by atoms with E-state index in [2.05, 4.69) is 36.5 Å². The van der Waals surface area contributed by atoms with Crippen LogP contribution in [0.2, 0.25) is 0 Å². The fourth-order valence-electron chi connectivity index (χ4n) is 4.37. The zero-order chi connectivity index (χ0) is 25.8. The van der Waals surface area contributed by atoms with Gasteiger partial charge in [0.2, 0.25) is 0 Å². The normalized spacial score (nSPS) is 11.3. The maximum atomic E-state index is 12.9. The minimum Gasteiger partial charge on any atom is -0.508 e. The molecule has 180 valence electrons. The number of ether oxygens (including phenoxy) is 1. The van der Waals surface area contributed by atoms with E-state index < -0.39 is 5.91 Å². The van der Waals surface area contributed by atoms with E-state index in [-0.39, 0.29) is 11.3 Å². The number of rotatable bonds is 6. The summed E-state index contributed by atoms with van der Waals surface area (Å²) in [6, 6.07) is 32.1. The Kier molecular flexibility index (Phi) is 6.56. The summed E-state index contributed by atoms with van der Waals surface area (Å²) in [7, 11) is 0. The molecule has 0 fully saturated rings. The fourth-order valence-corrected chi connectivity index (χ4v) is 4.37. The van der Waals surface area contributed by atoms with E-state index in [0.29, 0.717) is 23.6 Å². The monoisotopic (exact) mass is 484 g/mol. The largest absolute Gasteiger partial charge is 0.508 e. The lowest BCUT2D eigenvalue weighted by Crippen LogP contribution is -2.13. The number of hydrogen-bond acceptors (Lipinski definition) is 4. The van der Waals surface area contributed by atoms with E-state index in [1.54, 1.807) is 18.2 Å². The minimum atomic E-state index is -0.544. The predicted molar refractivity (Wildman–Crippen MR) is 147 cm³/mol. The molecule has 0 aliphatic rings. The molecule has 5 rings (SSSR count). The summed E-state index contributed by atoms with van der Waals surface area (Å²) in [4.78, 5) is 12.9. The first-order valence-corrected chi connectivity index (χ1v) is 11.9. The van der Waals surface area contributed by atoms with E-state index in [0.717, 1.165) is 32.7 Å². The number of fused-ring (bicyclic) bond motifs is 2. The molecule has 0 radical (unpaired) electrons. The van der Waals surface area contributed by atoms with Gasteiger partial charge in [-0.1, -0.05) is 66.7 Å². The Labute approximate surface area is 214 Å². The van der Waals surface area contributed by atoms with Crippen molar-refractivity contribution in [2.45, 2.75) is 13.5 Å². The van der Waals surface area contributed by atoms with Crippen LogP contribution < -0.4 is 10.1 Å². The van der Waals surface area contributed by atoms with E-state index in [1.807, 2.05) is 54.6 Å². The number of carbonyl (C=O) groups excluding carboxylic acids is 1. The molecule has 5 aromatic rings. The molecule has 0 atom stereocenters. The van der Waals surface area contributed by atoms with Gasteiger partial charge in [0.1, 0.15) is 29.7 Å². The van der Waals surface area contributed by atoms with Gasteiger partial charge in [0.05, 0.1) is 0 Å². The number of anilines is 1. The first-order chi connectivity index (χ1) is 18.0. The van der Waals surface area contributed by atoms with Gasteiger partial charge in [-0.25, -0.2) is 0 Å². The molecule has 0 saturated carbocycles. The fraction of sp³-hybridized carbons (Fsp3) is 0.0625. The Bertz CT molecular complexity index is 1700. The smallest absolute Gasteiger partial charge is 0.266 e. The number of aryl methyl sites for hydroxylation is 1. The SMILES string of the molecule is Cc1ccc2ccccc2c1COc1ccc2ccccc2c1/C=C(\C#N)C(=O)Nc1ccc(O)cc1. The number of amides is 1. The van der Waals surface area contributed by atoms with Crippen LogP contribution >= 0.6 is 0 Å². The minimum absolute atomic E-state index is 0.0596. The molecular weight excluding hydrogens is 460 g/mol. The van der Waals surface area contributed by atoms with Crippen LogP contribution in [-0.2, 0) is 11.4 Å². The van der Waals surface area contributed by atoms with Crippen molar-refractivity contribution in [2.24, 2.45) is 0 Å². The van der Waals surface area contributed by atoms with Crippen molar-refractivity contribution < 1.29 is 14.6 Å².